The van der Waals surface area contributed by atoms with Crippen LogP contribution >= 0.6 is 0 Å². The van der Waals surface area contributed by atoms with Gasteiger partial charge in [0.1, 0.15) is 20.8 Å². The minimum absolute atomic E-state index is 0. The number of benzene rings is 4. The van der Waals surface area contributed by atoms with Gasteiger partial charge in [-0.3, -0.25) is 28.7 Å². The van der Waals surface area contributed by atoms with Crippen LogP contribution in [0.2, 0.25) is 0 Å². The van der Waals surface area contributed by atoms with Gasteiger partial charge in [-0.1, -0.05) is 48.6 Å². The van der Waals surface area contributed by atoms with Crippen molar-refractivity contribution in [2.75, 3.05) is 10.6 Å². The monoisotopic (exact) mass is 735 g/mol. The van der Waals surface area contributed by atoms with Crippen molar-refractivity contribution in [3.05, 3.63) is 120 Å². The van der Waals surface area contributed by atoms with Gasteiger partial charge in [-0.15, -0.1) is 0 Å². The van der Waals surface area contributed by atoms with Gasteiger partial charge in [-0.05, 0) is 59.7 Å². The first-order valence-electron chi connectivity index (χ1n) is 14.4. The Labute approximate surface area is 312 Å². The van der Waals surface area contributed by atoms with Gasteiger partial charge in [0.2, 0.25) is 0 Å². The molecule has 0 saturated carbocycles. The predicted octanol–water partition coefficient (Wildman–Crippen LogP) is 2.37. The SMILES string of the molecule is O=C(Nc1ccc(/C=C/c2ccc(NC(=O)c3ccc4cccnc4c3O)cc2S(=O)(=O)O)c(S(=O)(=O)O)c1)c1ccc2cccnc2c1O.[Na+]. The van der Waals surface area contributed by atoms with Crippen LogP contribution < -0.4 is 40.2 Å². The van der Waals surface area contributed by atoms with Gasteiger partial charge in [0.15, 0.2) is 11.5 Å². The summed E-state index contributed by atoms with van der Waals surface area (Å²) >= 11 is 0. The van der Waals surface area contributed by atoms with Crippen molar-refractivity contribution in [2.45, 2.75) is 9.79 Å². The Morgan fingerprint density at radius 1 is 0.588 bits per heavy atom. The van der Waals surface area contributed by atoms with E-state index in [1.54, 1.807) is 36.4 Å². The van der Waals surface area contributed by atoms with Crippen LogP contribution in [0.3, 0.4) is 0 Å². The van der Waals surface area contributed by atoms with E-state index in [9.17, 15) is 45.7 Å². The van der Waals surface area contributed by atoms with E-state index in [1.165, 1.54) is 48.8 Å². The molecule has 0 aliphatic heterocycles. The molecule has 0 fully saturated rings. The number of pyridine rings is 2. The minimum atomic E-state index is -4.90. The Morgan fingerprint density at radius 3 is 1.35 bits per heavy atom. The first kappa shape index (κ1) is 37.1. The quantitative estimate of drug-likeness (QED) is 0.0752. The average Bonchev–Trinajstić information content (AvgIpc) is 3.07. The van der Waals surface area contributed by atoms with Crippen LogP contribution in [-0.4, -0.2) is 57.9 Å². The number of hydrogen-bond acceptors (Lipinski definition) is 10. The molecule has 14 nitrogen and oxygen atoms in total. The molecule has 0 radical (unpaired) electrons. The van der Waals surface area contributed by atoms with Crippen molar-refractivity contribution in [1.82, 2.24) is 9.97 Å². The van der Waals surface area contributed by atoms with Gasteiger partial charge >= 0.3 is 29.6 Å². The minimum Gasteiger partial charge on any atom is -0.505 e. The summed E-state index contributed by atoms with van der Waals surface area (Å²) in [5, 5.41) is 27.2. The van der Waals surface area contributed by atoms with Gasteiger partial charge in [0.05, 0.1) is 11.1 Å². The van der Waals surface area contributed by atoms with E-state index in [4.69, 9.17) is 0 Å². The molecule has 6 rings (SSSR count). The second-order valence-electron chi connectivity index (χ2n) is 10.8. The molecule has 0 bridgehead atoms. The molecule has 0 spiro atoms. The molecule has 2 heterocycles. The number of fused-ring (bicyclic) bond motifs is 2. The summed E-state index contributed by atoms with van der Waals surface area (Å²) in [5.41, 5.74) is -0.292. The summed E-state index contributed by atoms with van der Waals surface area (Å²) in [6.07, 6.45) is 5.19. The van der Waals surface area contributed by atoms with Crippen LogP contribution in [0.15, 0.2) is 107 Å². The van der Waals surface area contributed by atoms with Gasteiger partial charge in [-0.2, -0.15) is 16.8 Å². The van der Waals surface area contributed by atoms with Gasteiger partial charge in [0.25, 0.3) is 32.1 Å². The molecule has 0 aliphatic carbocycles. The normalized spacial score (nSPS) is 11.7. The number of nitrogens with one attached hydrogen (secondary N) is 2. The van der Waals surface area contributed by atoms with Crippen LogP contribution in [0, 0.1) is 0 Å². The first-order chi connectivity index (χ1) is 23.7. The van der Waals surface area contributed by atoms with Crippen LogP contribution in [-0.2, 0) is 20.2 Å². The number of anilines is 2. The number of carbonyl (C=O) groups is 2. The second-order valence-corrected chi connectivity index (χ2v) is 13.6. The topological polar surface area (TPSA) is 233 Å². The number of aromatic hydroxyl groups is 2. The molecule has 4 aromatic carbocycles. The molecule has 0 aliphatic rings. The Hall–Kier alpha value is -5.20. The molecular formula is C34H24N4NaO10S2+. The second kappa shape index (κ2) is 14.6. The fourth-order valence-electron chi connectivity index (χ4n) is 5.15. The molecule has 0 atom stereocenters. The Kier molecular flexibility index (Phi) is 10.6. The van der Waals surface area contributed by atoms with Gasteiger partial charge < -0.3 is 20.8 Å². The number of amides is 2. The fraction of sp³-hybridized carbons (Fsp3) is 0. The Bertz CT molecular complexity index is 2450. The molecule has 2 amide bonds. The van der Waals surface area contributed by atoms with Crippen molar-refractivity contribution >= 4 is 77.4 Å². The average molecular weight is 736 g/mol. The summed E-state index contributed by atoms with van der Waals surface area (Å²) in [6.45, 7) is 0. The number of nitrogens with zero attached hydrogens (tertiary/aromatic N) is 2. The van der Waals surface area contributed by atoms with Crippen molar-refractivity contribution in [3.63, 3.8) is 0 Å². The molecule has 0 unspecified atom stereocenters. The van der Waals surface area contributed by atoms with Crippen LogP contribution in [0.4, 0.5) is 11.4 Å². The van der Waals surface area contributed by atoms with Gasteiger partial charge in [-0.25, -0.2) is 0 Å². The molecule has 252 valence electrons. The summed E-state index contributed by atoms with van der Waals surface area (Å²) in [5.74, 6) is -2.37. The van der Waals surface area contributed by atoms with Crippen LogP contribution in [0.25, 0.3) is 34.0 Å². The number of hydrogen-bond donors (Lipinski definition) is 6. The fourth-order valence-corrected chi connectivity index (χ4v) is 6.57. The third-order valence-corrected chi connectivity index (χ3v) is 9.34. The summed E-state index contributed by atoms with van der Waals surface area (Å²) in [4.78, 5) is 32.7. The smallest absolute Gasteiger partial charge is 0.505 e. The van der Waals surface area contributed by atoms with E-state index in [0.717, 1.165) is 24.3 Å². The van der Waals surface area contributed by atoms with Crippen LogP contribution in [0.1, 0.15) is 31.8 Å². The van der Waals surface area contributed by atoms with Crippen molar-refractivity contribution in [2.24, 2.45) is 0 Å². The van der Waals surface area contributed by atoms with Crippen molar-refractivity contribution in [3.8, 4) is 11.5 Å². The number of phenols is 2. The number of carbonyl (C=O) groups excluding carboxylic acids is 2. The molecule has 2 aromatic heterocycles. The molecule has 51 heavy (non-hydrogen) atoms. The standard InChI is InChI=1S/C34H24N4O10S2.Na/c39-31-25(13-9-21-3-1-15-35-29(21)31)33(41)37-23-11-7-19(27(17-23)49(43,44)45)5-6-20-8-12-24(18-28(20)50(46,47)48)38-34(42)26-14-10-22-4-2-16-36-30(22)32(26)40;/h1-18,39-40H,(H,37,41)(H,38,42)(H,43,44,45)(H,46,47,48);/q;+1/b6-5+;. The zero-order valence-corrected chi connectivity index (χ0v) is 30.0. The zero-order valence-electron chi connectivity index (χ0n) is 26.3. The third kappa shape index (κ3) is 7.92. The summed E-state index contributed by atoms with van der Waals surface area (Å²) in [7, 11) is -9.80. The summed E-state index contributed by atoms with van der Waals surface area (Å²) in [6, 6.07) is 19.6. The van der Waals surface area contributed by atoms with E-state index in [1.807, 2.05) is 0 Å². The van der Waals surface area contributed by atoms with E-state index < -0.39 is 41.8 Å². The number of aromatic nitrogens is 2. The predicted molar refractivity (Wildman–Crippen MR) is 184 cm³/mol. The third-order valence-electron chi connectivity index (χ3n) is 7.53. The van der Waals surface area contributed by atoms with E-state index in [0.29, 0.717) is 10.8 Å². The molecular weight excluding hydrogens is 712 g/mol. The molecule has 0 saturated heterocycles. The summed E-state index contributed by atoms with van der Waals surface area (Å²) < 4.78 is 69.2. The maximum Gasteiger partial charge on any atom is 1.00 e. The van der Waals surface area contributed by atoms with Crippen molar-refractivity contribution < 1.29 is 75.3 Å². The van der Waals surface area contributed by atoms with E-state index >= 15 is 0 Å². The van der Waals surface area contributed by atoms with Crippen molar-refractivity contribution in [1.29, 1.82) is 0 Å². The number of phenolic OH excluding ortho intramolecular Hbond substituents is 2. The molecule has 6 N–H and O–H groups in total. The molecule has 6 aromatic rings. The zero-order chi connectivity index (χ0) is 35.8. The van der Waals surface area contributed by atoms with Crippen LogP contribution in [0.5, 0.6) is 11.5 Å². The first-order valence-corrected chi connectivity index (χ1v) is 17.3. The Morgan fingerprint density at radius 2 is 0.980 bits per heavy atom. The largest absolute Gasteiger partial charge is 1.00 e. The van der Waals surface area contributed by atoms with Gasteiger partial charge in [0, 0.05) is 34.5 Å². The maximum absolute atomic E-state index is 13.0. The maximum atomic E-state index is 13.0. The molecule has 17 heteroatoms. The van der Waals surface area contributed by atoms with E-state index in [2.05, 4.69) is 20.6 Å². The Balaban J connectivity index is 0.00000504. The van der Waals surface area contributed by atoms with E-state index in [-0.39, 0.29) is 85.7 Å². The number of rotatable bonds is 8.